The molecule has 0 aliphatic carbocycles. The maximum atomic E-state index is 12.7. The van der Waals surface area contributed by atoms with Crippen molar-refractivity contribution in [3.8, 4) is 0 Å². The van der Waals surface area contributed by atoms with Crippen molar-refractivity contribution in [3.63, 3.8) is 0 Å². The summed E-state index contributed by atoms with van der Waals surface area (Å²) < 4.78 is 26.8. The second-order valence-electron chi connectivity index (χ2n) is 7.46. The predicted molar refractivity (Wildman–Crippen MR) is 121 cm³/mol. The van der Waals surface area contributed by atoms with E-state index in [4.69, 9.17) is 11.6 Å². The molecule has 2 aromatic heterocycles. The monoisotopic (exact) mass is 492 g/mol. The van der Waals surface area contributed by atoms with Crippen molar-refractivity contribution < 1.29 is 18.0 Å². The van der Waals surface area contributed by atoms with Crippen LogP contribution in [0.3, 0.4) is 0 Å². The number of fused-ring (bicyclic) bond motifs is 1. The number of benzene rings is 1. The molecule has 0 saturated carbocycles. The number of hydrogen-bond donors (Lipinski definition) is 3. The number of aromatic amines is 2. The van der Waals surface area contributed by atoms with Crippen molar-refractivity contribution in [2.45, 2.75) is 17.7 Å². The molecule has 0 unspecified atom stereocenters. The van der Waals surface area contributed by atoms with Gasteiger partial charge in [0.2, 0.25) is 21.8 Å². The van der Waals surface area contributed by atoms with Crippen LogP contribution in [-0.4, -0.2) is 70.6 Å². The molecule has 11 nitrogen and oxygen atoms in total. The molecule has 0 atom stereocenters. The van der Waals surface area contributed by atoms with Crippen LogP contribution in [0.5, 0.6) is 0 Å². The minimum Gasteiger partial charge on any atom is -0.340 e. The minimum absolute atomic E-state index is 0.0149. The number of H-pyrrole nitrogens is 2. The van der Waals surface area contributed by atoms with Gasteiger partial charge in [-0.05, 0) is 36.4 Å². The molecule has 4 rings (SSSR count). The molecule has 1 saturated heterocycles. The van der Waals surface area contributed by atoms with E-state index >= 15 is 0 Å². The lowest BCUT2D eigenvalue weighted by Crippen LogP contribution is -2.50. The highest BCUT2D eigenvalue weighted by Gasteiger charge is 2.30. The second kappa shape index (κ2) is 9.33. The Balaban J connectivity index is 1.26. The number of nitrogens with zero attached hydrogens (tertiary/aromatic N) is 3. The number of halogens is 1. The SMILES string of the molecule is O=C(CCC(=O)N1CCN(S(=O)(=O)c2ccc(Cl)cc2)CC1)Nc1ccc2[nH]c(=O)[nH]c2n1. The summed E-state index contributed by atoms with van der Waals surface area (Å²) in [5.74, 6) is -0.361. The Morgan fingerprint density at radius 1 is 1.00 bits per heavy atom. The average molecular weight is 493 g/mol. The third-order valence-electron chi connectivity index (χ3n) is 5.25. The first-order valence-electron chi connectivity index (χ1n) is 10.1. The maximum absolute atomic E-state index is 12.7. The van der Waals surface area contributed by atoms with E-state index in [9.17, 15) is 22.8 Å². The number of hydrogen-bond acceptors (Lipinski definition) is 6. The summed E-state index contributed by atoms with van der Waals surface area (Å²) in [6, 6.07) is 9.10. The van der Waals surface area contributed by atoms with E-state index in [-0.39, 0.29) is 55.6 Å². The zero-order valence-corrected chi connectivity index (χ0v) is 18.9. The zero-order valence-electron chi connectivity index (χ0n) is 17.4. The molecule has 0 spiro atoms. The quantitative estimate of drug-likeness (QED) is 0.470. The second-order valence-corrected chi connectivity index (χ2v) is 9.83. The van der Waals surface area contributed by atoms with Gasteiger partial charge in [0.05, 0.1) is 10.4 Å². The number of piperazine rings is 1. The van der Waals surface area contributed by atoms with E-state index in [0.717, 1.165) is 0 Å². The van der Waals surface area contributed by atoms with Gasteiger partial charge in [0.1, 0.15) is 5.82 Å². The van der Waals surface area contributed by atoms with Gasteiger partial charge in [-0.2, -0.15) is 4.31 Å². The molecule has 1 aliphatic heterocycles. The fourth-order valence-electron chi connectivity index (χ4n) is 3.50. The first-order valence-corrected chi connectivity index (χ1v) is 12.0. The number of imidazole rings is 1. The van der Waals surface area contributed by atoms with Gasteiger partial charge in [0.15, 0.2) is 5.65 Å². The number of amides is 2. The van der Waals surface area contributed by atoms with Crippen LogP contribution in [0.4, 0.5) is 5.82 Å². The van der Waals surface area contributed by atoms with E-state index in [0.29, 0.717) is 16.2 Å². The van der Waals surface area contributed by atoms with Crippen LogP contribution in [-0.2, 0) is 19.6 Å². The average Bonchev–Trinajstić information content (AvgIpc) is 3.17. The first-order chi connectivity index (χ1) is 15.7. The van der Waals surface area contributed by atoms with Crippen LogP contribution >= 0.6 is 11.6 Å². The zero-order chi connectivity index (χ0) is 23.6. The number of sulfonamides is 1. The Morgan fingerprint density at radius 2 is 1.70 bits per heavy atom. The molecule has 1 aliphatic rings. The third kappa shape index (κ3) is 5.24. The van der Waals surface area contributed by atoms with Gasteiger partial charge in [0, 0.05) is 44.0 Å². The molecule has 3 N–H and O–H groups in total. The summed E-state index contributed by atoms with van der Waals surface area (Å²) in [7, 11) is -3.66. The number of nitrogens with one attached hydrogen (secondary N) is 3. The molecular weight excluding hydrogens is 472 g/mol. The lowest BCUT2D eigenvalue weighted by molar-refractivity contribution is -0.133. The molecule has 1 fully saturated rings. The van der Waals surface area contributed by atoms with Gasteiger partial charge in [-0.3, -0.25) is 14.6 Å². The third-order valence-corrected chi connectivity index (χ3v) is 7.42. The lowest BCUT2D eigenvalue weighted by atomic mass is 10.2. The molecule has 1 aromatic carbocycles. The number of rotatable bonds is 6. The molecule has 2 amide bonds. The Bertz CT molecular complexity index is 1340. The van der Waals surface area contributed by atoms with E-state index < -0.39 is 21.6 Å². The van der Waals surface area contributed by atoms with Crippen molar-refractivity contribution in [3.05, 3.63) is 51.9 Å². The summed E-state index contributed by atoms with van der Waals surface area (Å²) >= 11 is 5.82. The van der Waals surface area contributed by atoms with E-state index in [2.05, 4.69) is 20.3 Å². The predicted octanol–water partition coefficient (Wildman–Crippen LogP) is 1.16. The fourth-order valence-corrected chi connectivity index (χ4v) is 5.05. The molecule has 0 bridgehead atoms. The van der Waals surface area contributed by atoms with Crippen molar-refractivity contribution in [1.82, 2.24) is 24.2 Å². The van der Waals surface area contributed by atoms with Crippen molar-refractivity contribution in [2.75, 3.05) is 31.5 Å². The fraction of sp³-hybridized carbons (Fsp3) is 0.300. The summed E-state index contributed by atoms with van der Waals surface area (Å²) in [5.41, 5.74) is 0.443. The summed E-state index contributed by atoms with van der Waals surface area (Å²) in [6.07, 6.45) is -0.0650. The molecule has 0 radical (unpaired) electrons. The summed E-state index contributed by atoms with van der Waals surface area (Å²) in [4.78, 5) is 46.9. The number of carbonyl (C=O) groups excluding carboxylic acids is 2. The highest BCUT2D eigenvalue weighted by molar-refractivity contribution is 7.89. The van der Waals surface area contributed by atoms with E-state index in [1.165, 1.54) is 28.6 Å². The lowest BCUT2D eigenvalue weighted by Gasteiger charge is -2.34. The number of carbonyl (C=O) groups is 2. The van der Waals surface area contributed by atoms with Crippen LogP contribution in [0.1, 0.15) is 12.8 Å². The van der Waals surface area contributed by atoms with Crippen LogP contribution in [0, 0.1) is 0 Å². The maximum Gasteiger partial charge on any atom is 0.325 e. The first kappa shape index (κ1) is 23.0. The van der Waals surface area contributed by atoms with Gasteiger partial charge in [-0.15, -0.1) is 0 Å². The van der Waals surface area contributed by atoms with Crippen LogP contribution < -0.4 is 11.0 Å². The largest absolute Gasteiger partial charge is 0.340 e. The Labute approximate surface area is 193 Å². The van der Waals surface area contributed by atoms with E-state index in [1.54, 1.807) is 17.0 Å². The normalized spacial score (nSPS) is 15.0. The molecular formula is C20H21ClN6O5S. The molecule has 3 heterocycles. The summed E-state index contributed by atoms with van der Waals surface area (Å²) in [6.45, 7) is 0.822. The van der Waals surface area contributed by atoms with Gasteiger partial charge in [-0.1, -0.05) is 11.6 Å². The van der Waals surface area contributed by atoms with Crippen LogP contribution in [0.25, 0.3) is 11.2 Å². The smallest absolute Gasteiger partial charge is 0.325 e. The minimum atomic E-state index is -3.66. The number of anilines is 1. The molecule has 174 valence electrons. The van der Waals surface area contributed by atoms with Gasteiger partial charge >= 0.3 is 5.69 Å². The van der Waals surface area contributed by atoms with Crippen LogP contribution in [0.2, 0.25) is 5.02 Å². The highest BCUT2D eigenvalue weighted by atomic mass is 35.5. The van der Waals surface area contributed by atoms with Crippen LogP contribution in [0.15, 0.2) is 46.1 Å². The highest BCUT2D eigenvalue weighted by Crippen LogP contribution is 2.20. The number of pyridine rings is 1. The number of aromatic nitrogens is 3. The van der Waals surface area contributed by atoms with E-state index in [1.807, 2.05) is 0 Å². The van der Waals surface area contributed by atoms with Crippen molar-refractivity contribution in [2.24, 2.45) is 0 Å². The van der Waals surface area contributed by atoms with Gasteiger partial charge in [-0.25, -0.2) is 18.2 Å². The van der Waals surface area contributed by atoms with Gasteiger partial charge < -0.3 is 15.2 Å². The molecule has 3 aromatic rings. The molecule has 33 heavy (non-hydrogen) atoms. The van der Waals surface area contributed by atoms with Gasteiger partial charge in [0.25, 0.3) is 0 Å². The Hall–Kier alpha value is -3.22. The topological polar surface area (TPSA) is 148 Å². The standard InChI is InChI=1S/C20H21ClN6O5S/c21-13-1-3-14(4-2-13)33(31,32)27-11-9-26(10-12-27)18(29)8-7-17(28)23-16-6-5-15-19(24-16)25-20(30)22-15/h1-6H,7-12H2,(H3,22,23,24,25,28,30). The molecule has 13 heteroatoms. The Morgan fingerprint density at radius 3 is 2.39 bits per heavy atom. The Kier molecular flexibility index (Phi) is 6.49. The van der Waals surface area contributed by atoms with Crippen molar-refractivity contribution >= 4 is 50.4 Å². The summed E-state index contributed by atoms with van der Waals surface area (Å²) in [5, 5.41) is 3.05. The van der Waals surface area contributed by atoms with Crippen molar-refractivity contribution in [1.29, 1.82) is 0 Å².